The molecule has 0 saturated heterocycles. The standard InChI is InChI=1S/C27H30N3O3PS/c31-34(32)33-18-7-17-28-20-23-14-12-22(13-15-23)16-19-35-27-29-21-26(24-8-3-1-4-9-24)30(27)25-10-5-2-6-11-25/h1-6,8-15,21,28,34H,7,16-20H2,(H,31,32). The molecule has 0 bridgehead atoms. The van der Waals surface area contributed by atoms with E-state index in [0.29, 0.717) is 13.0 Å². The molecular formula is C27H30N3O3PS. The molecule has 0 aliphatic heterocycles. The minimum Gasteiger partial charge on any atom is -0.326 e. The lowest BCUT2D eigenvalue weighted by atomic mass is 10.1. The number of nitrogens with one attached hydrogen (secondary N) is 1. The Kier molecular flexibility index (Phi) is 9.75. The van der Waals surface area contributed by atoms with Crippen LogP contribution in [0.1, 0.15) is 17.5 Å². The van der Waals surface area contributed by atoms with Gasteiger partial charge in [-0.05, 0) is 42.6 Å². The van der Waals surface area contributed by atoms with Gasteiger partial charge in [-0.3, -0.25) is 9.13 Å². The topological polar surface area (TPSA) is 76.4 Å². The summed E-state index contributed by atoms with van der Waals surface area (Å²) >= 11 is 1.77. The third-order valence-corrected chi connectivity index (χ3v) is 6.92. The quantitative estimate of drug-likeness (QED) is 0.136. The summed E-state index contributed by atoms with van der Waals surface area (Å²) in [6.07, 6.45) is 3.62. The Morgan fingerprint density at radius 1 is 0.943 bits per heavy atom. The van der Waals surface area contributed by atoms with Crippen LogP contribution in [-0.2, 0) is 22.1 Å². The third kappa shape index (κ3) is 7.66. The second-order valence-electron chi connectivity index (χ2n) is 8.02. The maximum atomic E-state index is 10.5. The Bertz CT molecular complexity index is 1200. The highest BCUT2D eigenvalue weighted by atomic mass is 32.2. The number of benzene rings is 3. The lowest BCUT2D eigenvalue weighted by molar-refractivity contribution is 0.276. The fraction of sp³-hybridized carbons (Fsp3) is 0.222. The minimum atomic E-state index is -2.82. The largest absolute Gasteiger partial charge is 0.326 e. The number of para-hydroxylation sites is 1. The van der Waals surface area contributed by atoms with Gasteiger partial charge in [0.25, 0.3) is 0 Å². The van der Waals surface area contributed by atoms with Crippen molar-refractivity contribution in [2.75, 3.05) is 18.9 Å². The van der Waals surface area contributed by atoms with Crippen molar-refractivity contribution in [3.63, 3.8) is 0 Å². The number of rotatable bonds is 13. The van der Waals surface area contributed by atoms with E-state index in [0.717, 1.165) is 47.4 Å². The van der Waals surface area contributed by atoms with Crippen LogP contribution in [0, 0.1) is 0 Å². The minimum absolute atomic E-state index is 0.299. The fourth-order valence-corrected chi connectivity index (χ4v) is 5.05. The van der Waals surface area contributed by atoms with E-state index >= 15 is 0 Å². The molecule has 6 nitrogen and oxygen atoms in total. The molecule has 1 unspecified atom stereocenters. The van der Waals surface area contributed by atoms with Gasteiger partial charge in [0.05, 0.1) is 18.5 Å². The highest BCUT2D eigenvalue weighted by Crippen LogP contribution is 2.30. The molecule has 2 N–H and O–H groups in total. The number of imidazole rings is 1. The molecule has 4 rings (SSSR count). The summed E-state index contributed by atoms with van der Waals surface area (Å²) in [5.74, 6) is 0.934. The Labute approximate surface area is 211 Å². The van der Waals surface area contributed by atoms with Gasteiger partial charge in [-0.25, -0.2) is 4.98 Å². The second-order valence-corrected chi connectivity index (χ2v) is 9.91. The van der Waals surface area contributed by atoms with Gasteiger partial charge in [0, 0.05) is 23.5 Å². The van der Waals surface area contributed by atoms with Gasteiger partial charge in [-0.1, -0.05) is 84.6 Å². The van der Waals surface area contributed by atoms with Crippen molar-refractivity contribution < 1.29 is 14.0 Å². The lowest BCUT2D eigenvalue weighted by Crippen LogP contribution is -2.15. The second kappa shape index (κ2) is 13.4. The zero-order valence-electron chi connectivity index (χ0n) is 19.5. The first-order valence-electron chi connectivity index (χ1n) is 11.7. The zero-order chi connectivity index (χ0) is 24.3. The number of thioether (sulfide) groups is 1. The van der Waals surface area contributed by atoms with E-state index in [1.165, 1.54) is 11.1 Å². The van der Waals surface area contributed by atoms with Gasteiger partial charge in [0.2, 0.25) is 0 Å². The maximum Gasteiger partial charge on any atom is 0.316 e. The summed E-state index contributed by atoms with van der Waals surface area (Å²) in [6.45, 7) is 1.81. The predicted molar refractivity (Wildman–Crippen MR) is 143 cm³/mol. The highest BCUT2D eigenvalue weighted by molar-refractivity contribution is 7.99. The summed E-state index contributed by atoms with van der Waals surface area (Å²) in [6, 6.07) is 29.4. The molecule has 0 aliphatic rings. The average molecular weight is 508 g/mol. The van der Waals surface area contributed by atoms with Crippen molar-refractivity contribution >= 4 is 20.0 Å². The van der Waals surface area contributed by atoms with Crippen LogP contribution in [0.5, 0.6) is 0 Å². The molecule has 4 aromatic rings. The van der Waals surface area contributed by atoms with E-state index in [4.69, 9.17) is 9.88 Å². The van der Waals surface area contributed by atoms with Gasteiger partial charge in [-0.2, -0.15) is 0 Å². The summed E-state index contributed by atoms with van der Waals surface area (Å²) in [5, 5.41) is 4.32. The fourth-order valence-electron chi connectivity index (χ4n) is 3.75. The monoisotopic (exact) mass is 507 g/mol. The van der Waals surface area contributed by atoms with Crippen LogP contribution in [0.4, 0.5) is 0 Å². The third-order valence-electron chi connectivity index (χ3n) is 5.51. The number of hydrogen-bond donors (Lipinski definition) is 2. The number of nitrogens with zero attached hydrogens (tertiary/aromatic N) is 2. The van der Waals surface area contributed by atoms with Crippen LogP contribution in [0.15, 0.2) is 96.3 Å². The maximum absolute atomic E-state index is 10.5. The molecule has 1 heterocycles. The Morgan fingerprint density at radius 3 is 2.34 bits per heavy atom. The first kappa shape index (κ1) is 25.4. The van der Waals surface area contributed by atoms with Crippen molar-refractivity contribution in [1.29, 1.82) is 0 Å². The van der Waals surface area contributed by atoms with E-state index in [2.05, 4.69) is 87.2 Å². The summed E-state index contributed by atoms with van der Waals surface area (Å²) in [7, 11) is -2.82. The number of hydrogen-bond acceptors (Lipinski definition) is 5. The van der Waals surface area contributed by atoms with E-state index in [1.807, 2.05) is 18.3 Å². The van der Waals surface area contributed by atoms with E-state index in [9.17, 15) is 4.57 Å². The molecule has 0 fully saturated rings. The Morgan fingerprint density at radius 2 is 1.63 bits per heavy atom. The normalized spacial score (nSPS) is 12.0. The van der Waals surface area contributed by atoms with Gasteiger partial charge >= 0.3 is 8.25 Å². The van der Waals surface area contributed by atoms with Crippen molar-refractivity contribution in [2.45, 2.75) is 24.5 Å². The van der Waals surface area contributed by atoms with Crippen LogP contribution in [0.3, 0.4) is 0 Å². The molecule has 8 heteroatoms. The molecule has 0 saturated carbocycles. The van der Waals surface area contributed by atoms with E-state index in [1.54, 1.807) is 11.8 Å². The van der Waals surface area contributed by atoms with Crippen LogP contribution >= 0.6 is 20.0 Å². The first-order chi connectivity index (χ1) is 17.2. The molecule has 0 aliphatic carbocycles. The first-order valence-corrected chi connectivity index (χ1v) is 13.9. The molecule has 35 heavy (non-hydrogen) atoms. The molecule has 0 spiro atoms. The molecule has 0 amide bonds. The van der Waals surface area contributed by atoms with Gasteiger partial charge in [0.1, 0.15) is 0 Å². The van der Waals surface area contributed by atoms with Crippen LogP contribution in [0.25, 0.3) is 16.9 Å². The van der Waals surface area contributed by atoms with Crippen LogP contribution in [-0.4, -0.2) is 33.3 Å². The number of aryl methyl sites for hydroxylation is 1. The molecule has 3 aromatic carbocycles. The van der Waals surface area contributed by atoms with Crippen molar-refractivity contribution in [2.24, 2.45) is 0 Å². The summed E-state index contributed by atoms with van der Waals surface area (Å²) in [5.41, 5.74) is 5.86. The highest BCUT2D eigenvalue weighted by Gasteiger charge is 2.14. The van der Waals surface area contributed by atoms with Gasteiger partial charge in [-0.15, -0.1) is 0 Å². The van der Waals surface area contributed by atoms with Gasteiger partial charge in [0.15, 0.2) is 5.16 Å². The molecule has 1 atom stereocenters. The predicted octanol–water partition coefficient (Wildman–Crippen LogP) is 5.75. The molecule has 182 valence electrons. The summed E-state index contributed by atoms with van der Waals surface area (Å²) in [4.78, 5) is 13.4. The van der Waals surface area contributed by atoms with Crippen molar-refractivity contribution in [1.82, 2.24) is 14.9 Å². The van der Waals surface area contributed by atoms with Crippen LogP contribution < -0.4 is 5.32 Å². The number of aromatic nitrogens is 2. The van der Waals surface area contributed by atoms with E-state index in [-0.39, 0.29) is 0 Å². The molecule has 1 aromatic heterocycles. The molecule has 0 radical (unpaired) electrons. The Balaban J connectivity index is 1.32. The van der Waals surface area contributed by atoms with Crippen molar-refractivity contribution in [3.05, 3.63) is 102 Å². The zero-order valence-corrected chi connectivity index (χ0v) is 21.3. The van der Waals surface area contributed by atoms with Gasteiger partial charge < -0.3 is 14.7 Å². The lowest BCUT2D eigenvalue weighted by Gasteiger charge is -2.12. The SMILES string of the molecule is O=[PH](O)OCCCNCc1ccc(CCSc2ncc(-c3ccccc3)n2-c2ccccc2)cc1. The van der Waals surface area contributed by atoms with Crippen molar-refractivity contribution in [3.8, 4) is 16.9 Å². The smallest absolute Gasteiger partial charge is 0.316 e. The molecular weight excluding hydrogens is 477 g/mol. The van der Waals surface area contributed by atoms with Crippen LogP contribution in [0.2, 0.25) is 0 Å². The van der Waals surface area contributed by atoms with E-state index < -0.39 is 8.25 Å². The summed E-state index contributed by atoms with van der Waals surface area (Å²) < 4.78 is 17.4. The Hall–Kier alpha value is -2.67. The average Bonchev–Trinajstić information content (AvgIpc) is 3.32.